The number of hydrogen-bond donors (Lipinski definition) is 1. The minimum atomic E-state index is -0.122. The van der Waals surface area contributed by atoms with Crippen LogP contribution in [-0.2, 0) is 11.2 Å². The number of rotatable bonds is 7. The van der Waals surface area contributed by atoms with Crippen LogP contribution in [0.5, 0.6) is 5.75 Å². The second-order valence-corrected chi connectivity index (χ2v) is 7.85. The molecule has 30 heavy (non-hydrogen) atoms. The van der Waals surface area contributed by atoms with Crippen molar-refractivity contribution >= 4 is 46.0 Å². The van der Waals surface area contributed by atoms with Crippen molar-refractivity contribution in [1.29, 1.82) is 0 Å². The van der Waals surface area contributed by atoms with E-state index in [4.69, 9.17) is 16.3 Å². The highest BCUT2D eigenvalue weighted by Gasteiger charge is 2.18. The number of carbonyl (C=O) groups is 1. The summed E-state index contributed by atoms with van der Waals surface area (Å²) in [6.07, 6.45) is 2.72. The summed E-state index contributed by atoms with van der Waals surface area (Å²) < 4.78 is 5.86. The number of thioether (sulfide) groups is 1. The van der Waals surface area contributed by atoms with Crippen molar-refractivity contribution in [2.45, 2.75) is 13.3 Å². The lowest BCUT2D eigenvalue weighted by molar-refractivity contribution is -0.113. The summed E-state index contributed by atoms with van der Waals surface area (Å²) in [5.74, 6) is 1.19. The zero-order chi connectivity index (χ0) is 21.3. The van der Waals surface area contributed by atoms with Gasteiger partial charge in [0.15, 0.2) is 0 Å². The lowest BCUT2D eigenvalue weighted by Gasteiger charge is -2.23. The molecule has 0 radical (unpaired) electrons. The van der Waals surface area contributed by atoms with Gasteiger partial charge < -0.3 is 10.1 Å². The molecule has 0 saturated heterocycles. The predicted molar refractivity (Wildman–Crippen MR) is 126 cm³/mol. The summed E-state index contributed by atoms with van der Waals surface area (Å²) >= 11 is 7.17. The molecule has 0 atom stereocenters. The van der Waals surface area contributed by atoms with E-state index in [1.807, 2.05) is 24.3 Å². The first-order valence-corrected chi connectivity index (χ1v) is 10.9. The van der Waals surface area contributed by atoms with E-state index in [-0.39, 0.29) is 11.7 Å². The number of nitrogens with zero attached hydrogens (tertiary/aromatic N) is 3. The molecule has 0 bridgehead atoms. The highest BCUT2D eigenvalue weighted by Crippen LogP contribution is 2.19. The first-order chi connectivity index (χ1) is 14.6. The minimum Gasteiger partial charge on any atom is -0.441 e. The fourth-order valence-corrected chi connectivity index (χ4v) is 3.44. The van der Waals surface area contributed by atoms with Crippen LogP contribution in [0.15, 0.2) is 71.3 Å². The standard InChI is InChI=1S/C22H23ClN4O2S/c1-3-13-27-14-21(29-19-11-7-17(23)8-12-19)25-22(26-27)30-15-20(28)24-18-9-5-16(4-2)6-10-18/h3,5-12H,1,4,13-15H2,2H3,(H,24,28). The monoisotopic (exact) mass is 442 g/mol. The summed E-state index contributed by atoms with van der Waals surface area (Å²) in [6, 6.07) is 14.9. The van der Waals surface area contributed by atoms with E-state index < -0.39 is 0 Å². The molecule has 156 valence electrons. The number of halogens is 1. The Morgan fingerprint density at radius 1 is 1.27 bits per heavy atom. The molecule has 0 saturated carbocycles. The molecular weight excluding hydrogens is 420 g/mol. The van der Waals surface area contributed by atoms with Gasteiger partial charge >= 0.3 is 0 Å². The van der Waals surface area contributed by atoms with E-state index in [1.165, 1.54) is 17.3 Å². The maximum Gasteiger partial charge on any atom is 0.234 e. The van der Waals surface area contributed by atoms with Crippen molar-refractivity contribution in [3.8, 4) is 5.75 Å². The van der Waals surface area contributed by atoms with Crippen LogP contribution in [0.25, 0.3) is 0 Å². The number of anilines is 1. The number of ether oxygens (including phenoxy) is 1. The van der Waals surface area contributed by atoms with Crippen LogP contribution in [-0.4, -0.2) is 40.8 Å². The van der Waals surface area contributed by atoms with Gasteiger partial charge in [0.1, 0.15) is 12.3 Å². The molecule has 0 spiro atoms. The van der Waals surface area contributed by atoms with Crippen molar-refractivity contribution in [3.05, 3.63) is 71.8 Å². The molecule has 0 fully saturated rings. The number of amidine groups is 1. The Labute approximate surface area is 185 Å². The Balaban J connectivity index is 1.61. The fraction of sp³-hybridized carbons (Fsp3) is 0.227. The second kappa shape index (κ2) is 10.8. The van der Waals surface area contributed by atoms with Gasteiger partial charge in [-0.25, -0.2) is 0 Å². The molecule has 3 rings (SSSR count). The molecule has 2 aromatic rings. The number of aliphatic imine (C=N–C) groups is 1. The lowest BCUT2D eigenvalue weighted by Crippen LogP contribution is -2.33. The van der Waals surface area contributed by atoms with E-state index in [0.29, 0.717) is 34.9 Å². The molecule has 8 heteroatoms. The Morgan fingerprint density at radius 2 is 2.00 bits per heavy atom. The average molecular weight is 443 g/mol. The van der Waals surface area contributed by atoms with Gasteiger partial charge in [0.25, 0.3) is 0 Å². The van der Waals surface area contributed by atoms with Gasteiger partial charge in [0, 0.05) is 10.7 Å². The molecule has 1 amide bonds. The summed E-state index contributed by atoms with van der Waals surface area (Å²) in [5.41, 5.74) is 2.00. The number of nitrogens with one attached hydrogen (secondary N) is 1. The molecule has 1 heterocycles. The largest absolute Gasteiger partial charge is 0.441 e. The number of carbonyl (C=O) groups excluding carboxylic acids is 1. The number of benzene rings is 2. The molecule has 0 aromatic heterocycles. The highest BCUT2D eigenvalue weighted by molar-refractivity contribution is 8.14. The third-order valence-corrected chi connectivity index (χ3v) is 5.22. The topological polar surface area (TPSA) is 66.3 Å². The van der Waals surface area contributed by atoms with Gasteiger partial charge in [-0.05, 0) is 48.4 Å². The number of aryl methyl sites for hydroxylation is 1. The molecule has 2 aromatic carbocycles. The molecular formula is C22H23ClN4O2S. The van der Waals surface area contributed by atoms with Gasteiger partial charge in [-0.3, -0.25) is 9.80 Å². The normalized spacial score (nSPS) is 13.3. The third kappa shape index (κ3) is 6.64. The minimum absolute atomic E-state index is 0.122. The molecule has 0 unspecified atom stereocenters. The van der Waals surface area contributed by atoms with Crippen molar-refractivity contribution in [3.63, 3.8) is 0 Å². The highest BCUT2D eigenvalue weighted by atomic mass is 35.5. The first kappa shape index (κ1) is 21.9. The van der Waals surface area contributed by atoms with Crippen LogP contribution in [0, 0.1) is 0 Å². The molecule has 6 nitrogen and oxygen atoms in total. The lowest BCUT2D eigenvalue weighted by atomic mass is 10.1. The maximum atomic E-state index is 12.3. The smallest absolute Gasteiger partial charge is 0.234 e. The zero-order valence-corrected chi connectivity index (χ0v) is 18.2. The predicted octanol–water partition coefficient (Wildman–Crippen LogP) is 4.82. The Kier molecular flexibility index (Phi) is 7.93. The van der Waals surface area contributed by atoms with E-state index >= 15 is 0 Å². The van der Waals surface area contributed by atoms with Crippen LogP contribution in [0.3, 0.4) is 0 Å². The van der Waals surface area contributed by atoms with E-state index in [1.54, 1.807) is 35.4 Å². The summed E-state index contributed by atoms with van der Waals surface area (Å²) in [6.45, 7) is 6.80. The quantitative estimate of drug-likeness (QED) is 0.624. The van der Waals surface area contributed by atoms with Gasteiger partial charge in [-0.1, -0.05) is 48.5 Å². The Hall–Kier alpha value is -2.77. The summed E-state index contributed by atoms with van der Waals surface area (Å²) in [5, 5.41) is 10.2. The number of hydrazone groups is 1. The van der Waals surface area contributed by atoms with E-state index in [9.17, 15) is 4.79 Å². The summed E-state index contributed by atoms with van der Waals surface area (Å²) in [4.78, 5) is 16.8. The average Bonchev–Trinajstić information content (AvgIpc) is 2.75. The van der Waals surface area contributed by atoms with Gasteiger partial charge in [0.2, 0.25) is 17.0 Å². The van der Waals surface area contributed by atoms with Crippen LogP contribution in [0.1, 0.15) is 12.5 Å². The van der Waals surface area contributed by atoms with Crippen LogP contribution < -0.4 is 10.1 Å². The molecule has 1 aliphatic heterocycles. The van der Waals surface area contributed by atoms with Crippen molar-refractivity contribution in [2.24, 2.45) is 10.1 Å². The molecule has 1 N–H and O–H groups in total. The van der Waals surface area contributed by atoms with E-state index in [2.05, 4.69) is 28.9 Å². The fourth-order valence-electron chi connectivity index (χ4n) is 2.64. The second-order valence-electron chi connectivity index (χ2n) is 6.47. The molecule has 1 aliphatic rings. The van der Waals surface area contributed by atoms with Crippen LogP contribution in [0.4, 0.5) is 5.69 Å². The number of amides is 1. The van der Waals surface area contributed by atoms with Crippen molar-refractivity contribution in [2.75, 3.05) is 24.2 Å². The third-order valence-electron chi connectivity index (χ3n) is 4.13. The van der Waals surface area contributed by atoms with Gasteiger partial charge in [-0.15, -0.1) is 11.7 Å². The Bertz CT molecular complexity index is 943. The van der Waals surface area contributed by atoms with E-state index in [0.717, 1.165) is 12.1 Å². The Morgan fingerprint density at radius 3 is 2.67 bits per heavy atom. The van der Waals surface area contributed by atoms with Crippen LogP contribution in [0.2, 0.25) is 5.02 Å². The SMILES string of the molecule is C=CCN1CC(Oc2ccc(Cl)cc2)=NC(SCC(=O)Nc2ccc(CC)cc2)=N1. The van der Waals surface area contributed by atoms with Gasteiger partial charge in [-0.2, -0.15) is 4.99 Å². The molecule has 0 aliphatic carbocycles. The van der Waals surface area contributed by atoms with Crippen LogP contribution >= 0.6 is 23.4 Å². The van der Waals surface area contributed by atoms with Gasteiger partial charge in [0.05, 0.1) is 12.3 Å². The van der Waals surface area contributed by atoms with Crippen molar-refractivity contribution in [1.82, 2.24) is 5.01 Å². The van der Waals surface area contributed by atoms with Crippen molar-refractivity contribution < 1.29 is 9.53 Å². The summed E-state index contributed by atoms with van der Waals surface area (Å²) in [7, 11) is 0. The number of hydrogen-bond acceptors (Lipinski definition) is 6. The zero-order valence-electron chi connectivity index (χ0n) is 16.7. The first-order valence-electron chi connectivity index (χ1n) is 9.52. The maximum absolute atomic E-state index is 12.3.